The maximum Gasteiger partial charge on any atom is 0.417 e. The Balaban J connectivity index is 0.00000289. The molecule has 2 N–H and O–H groups in total. The van der Waals surface area contributed by atoms with Gasteiger partial charge in [0.1, 0.15) is 11.6 Å². The zero-order chi connectivity index (χ0) is 23.9. The molecule has 0 radical (unpaired) electrons. The molecule has 1 unspecified atom stereocenters. The van der Waals surface area contributed by atoms with Crippen LogP contribution in [0.1, 0.15) is 42.2 Å². The summed E-state index contributed by atoms with van der Waals surface area (Å²) in [6.45, 7) is 2.80. The van der Waals surface area contributed by atoms with E-state index in [-0.39, 0.29) is 11.4 Å². The molecule has 188 valence electrons. The van der Waals surface area contributed by atoms with Crippen molar-refractivity contribution in [3.05, 3.63) is 59.8 Å². The van der Waals surface area contributed by atoms with Gasteiger partial charge < -0.3 is 14.8 Å². The Morgan fingerprint density at radius 2 is 1.86 bits per heavy atom. The minimum absolute atomic E-state index is 0. The predicted molar refractivity (Wildman–Crippen MR) is 129 cm³/mol. The smallest absolute Gasteiger partial charge is 0.417 e. The van der Waals surface area contributed by atoms with E-state index in [9.17, 15) is 17.4 Å². The number of halogens is 3. The fourth-order valence-corrected chi connectivity index (χ4v) is 5.23. The summed E-state index contributed by atoms with van der Waals surface area (Å²) in [7, 11) is -0.964. The summed E-state index contributed by atoms with van der Waals surface area (Å²) in [5.41, 5.74) is 2.09. The number of piperidine rings is 1. The summed E-state index contributed by atoms with van der Waals surface area (Å²) >= 11 is 0. The van der Waals surface area contributed by atoms with Crippen molar-refractivity contribution in [1.82, 2.24) is 14.3 Å². The molecule has 0 aliphatic carbocycles. The number of rotatable bonds is 4. The molecule has 1 saturated heterocycles. The molecule has 0 spiro atoms. The Bertz CT molecular complexity index is 1240. The Hall–Kier alpha value is -2.76. The number of hydrogen-bond acceptors (Lipinski definition) is 5. The van der Waals surface area contributed by atoms with Crippen LogP contribution in [0, 0.1) is 0 Å². The third-order valence-corrected chi connectivity index (χ3v) is 7.64. The molecule has 5 heterocycles. The van der Waals surface area contributed by atoms with Gasteiger partial charge in [0.25, 0.3) is 0 Å². The van der Waals surface area contributed by atoms with E-state index in [0.717, 1.165) is 66.1 Å². The van der Waals surface area contributed by atoms with Crippen LogP contribution in [-0.4, -0.2) is 56.4 Å². The number of aromatic nitrogens is 2. The molecule has 1 fully saturated rings. The zero-order valence-corrected chi connectivity index (χ0v) is 20.0. The lowest BCUT2D eigenvalue weighted by Crippen LogP contribution is -2.33. The number of pyridine rings is 2. The van der Waals surface area contributed by atoms with Crippen LogP contribution in [-0.2, 0) is 17.2 Å². The molecule has 0 bridgehead atoms. The van der Waals surface area contributed by atoms with Crippen LogP contribution in [0.15, 0.2) is 47.2 Å². The summed E-state index contributed by atoms with van der Waals surface area (Å²) in [6.07, 6.45) is 4.53. The molecule has 0 amide bonds. The summed E-state index contributed by atoms with van der Waals surface area (Å²) in [5, 5.41) is 1.01. The van der Waals surface area contributed by atoms with Crippen LogP contribution in [0.25, 0.3) is 16.5 Å². The van der Waals surface area contributed by atoms with Gasteiger partial charge in [-0.1, -0.05) is 6.08 Å². The number of fused-ring (bicyclic) bond motifs is 1. The fourth-order valence-electron chi connectivity index (χ4n) is 4.59. The first kappa shape index (κ1) is 25.3. The highest BCUT2D eigenvalue weighted by molar-refractivity contribution is 7.81. The first-order valence-corrected chi connectivity index (χ1v) is 12.7. The van der Waals surface area contributed by atoms with Crippen LogP contribution in [0.4, 0.5) is 19.0 Å². The first-order valence-electron chi connectivity index (χ1n) is 11.2. The second-order valence-corrected chi connectivity index (χ2v) is 10.1. The number of furan rings is 1. The van der Waals surface area contributed by atoms with Crippen LogP contribution < -0.4 is 4.90 Å². The van der Waals surface area contributed by atoms with Crippen LogP contribution >= 0.6 is 0 Å². The van der Waals surface area contributed by atoms with E-state index in [1.807, 2.05) is 15.3 Å². The lowest BCUT2D eigenvalue weighted by molar-refractivity contribution is -0.137. The highest BCUT2D eigenvalue weighted by Gasteiger charge is 2.31. The van der Waals surface area contributed by atoms with Crippen molar-refractivity contribution in [3.63, 3.8) is 0 Å². The highest BCUT2D eigenvalue weighted by atomic mass is 32.2. The molecule has 0 aromatic carbocycles. The number of hydrogen-bond donors (Lipinski definition) is 0. The van der Waals surface area contributed by atoms with Crippen molar-refractivity contribution in [2.45, 2.75) is 31.4 Å². The Morgan fingerprint density at radius 3 is 2.46 bits per heavy atom. The van der Waals surface area contributed by atoms with Gasteiger partial charge in [-0.25, -0.2) is 13.5 Å². The van der Waals surface area contributed by atoms with Crippen molar-refractivity contribution in [2.24, 2.45) is 0 Å². The molecule has 2 aliphatic heterocycles. The van der Waals surface area contributed by atoms with Crippen molar-refractivity contribution in [1.29, 1.82) is 0 Å². The average Bonchev–Trinajstić information content (AvgIpc) is 3.27. The zero-order valence-electron chi connectivity index (χ0n) is 19.2. The second-order valence-electron chi connectivity index (χ2n) is 8.71. The number of alkyl halides is 3. The molecule has 5 rings (SSSR count). The maximum absolute atomic E-state index is 12.8. The van der Waals surface area contributed by atoms with E-state index >= 15 is 0 Å². The fraction of sp³-hybridized carbons (Fsp3) is 0.417. The lowest BCUT2D eigenvalue weighted by Gasteiger charge is -2.32. The molecule has 3 aromatic rings. The van der Waals surface area contributed by atoms with E-state index < -0.39 is 22.7 Å². The quantitative estimate of drug-likeness (QED) is 0.527. The minimum Gasteiger partial charge on any atom is -0.459 e. The lowest BCUT2D eigenvalue weighted by atomic mass is 9.94. The van der Waals surface area contributed by atoms with Gasteiger partial charge in [0.2, 0.25) is 0 Å². The standard InChI is InChI=1S/C24H25F3N4O2S.H2O/c1-34(32)31-10-6-16(7-11-31)20-12-18-13-21(33-22(18)15-28-20)17-4-8-30(9-5-17)23-3-2-19(14-29-23)24(25,26)27;/h2-3,6,12-15,17H,4-5,7-11H2,1H3;1H2. The van der Waals surface area contributed by atoms with Gasteiger partial charge in [0, 0.05) is 49.9 Å². The van der Waals surface area contributed by atoms with Gasteiger partial charge in [0.05, 0.1) is 28.4 Å². The maximum atomic E-state index is 12.8. The van der Waals surface area contributed by atoms with Gasteiger partial charge in [-0.2, -0.15) is 13.2 Å². The predicted octanol–water partition coefficient (Wildman–Crippen LogP) is 4.18. The van der Waals surface area contributed by atoms with E-state index in [1.165, 1.54) is 6.07 Å². The number of anilines is 1. The molecule has 35 heavy (non-hydrogen) atoms. The SMILES string of the molecule is CS(=O)N1CC=C(c2cc3cc(C4CCN(c5ccc(C(F)(F)F)cn5)CC4)oc3cn2)CC1.O. The van der Waals surface area contributed by atoms with Crippen molar-refractivity contribution < 1.29 is 27.3 Å². The Kier molecular flexibility index (Phi) is 7.30. The van der Waals surface area contributed by atoms with E-state index in [1.54, 1.807) is 12.5 Å². The van der Waals surface area contributed by atoms with Crippen LogP contribution in [0.3, 0.4) is 0 Å². The van der Waals surface area contributed by atoms with E-state index in [4.69, 9.17) is 4.42 Å². The van der Waals surface area contributed by atoms with Gasteiger partial charge in [-0.15, -0.1) is 0 Å². The first-order chi connectivity index (χ1) is 16.3. The Morgan fingerprint density at radius 1 is 1.09 bits per heavy atom. The van der Waals surface area contributed by atoms with Gasteiger partial charge in [-0.3, -0.25) is 4.98 Å². The molecule has 2 aliphatic rings. The van der Waals surface area contributed by atoms with Gasteiger partial charge in [-0.05, 0) is 49.1 Å². The third kappa shape index (κ3) is 5.41. The summed E-state index contributed by atoms with van der Waals surface area (Å²) in [5.74, 6) is 1.72. The summed E-state index contributed by atoms with van der Waals surface area (Å²) < 4.78 is 58.0. The second kappa shape index (κ2) is 10.1. The van der Waals surface area contributed by atoms with Crippen LogP contribution in [0.5, 0.6) is 0 Å². The molecule has 1 atom stereocenters. The largest absolute Gasteiger partial charge is 0.459 e. The van der Waals surface area contributed by atoms with Crippen LogP contribution in [0.2, 0.25) is 0 Å². The summed E-state index contributed by atoms with van der Waals surface area (Å²) in [6, 6.07) is 6.65. The molecule has 3 aromatic heterocycles. The van der Waals surface area contributed by atoms with Gasteiger partial charge >= 0.3 is 6.18 Å². The molecule has 7 nitrogen and oxygen atoms in total. The van der Waals surface area contributed by atoms with Crippen molar-refractivity contribution in [2.75, 3.05) is 37.3 Å². The van der Waals surface area contributed by atoms with E-state index in [2.05, 4.69) is 22.1 Å². The van der Waals surface area contributed by atoms with Crippen molar-refractivity contribution in [3.8, 4) is 0 Å². The normalized spacial score (nSPS) is 18.9. The minimum atomic E-state index is -4.38. The van der Waals surface area contributed by atoms with E-state index in [0.29, 0.717) is 25.5 Å². The third-order valence-electron chi connectivity index (χ3n) is 6.58. The van der Waals surface area contributed by atoms with Gasteiger partial charge in [0.15, 0.2) is 5.58 Å². The molecule has 11 heteroatoms. The highest BCUT2D eigenvalue weighted by Crippen LogP contribution is 2.35. The summed E-state index contributed by atoms with van der Waals surface area (Å²) in [4.78, 5) is 10.6. The van der Waals surface area contributed by atoms with Crippen molar-refractivity contribution >= 4 is 33.3 Å². The molecular formula is C24H27F3N4O3S. The topological polar surface area (TPSA) is 94.0 Å². The molecular weight excluding hydrogens is 481 g/mol. The molecule has 0 saturated carbocycles. The average molecular weight is 509 g/mol. The monoisotopic (exact) mass is 508 g/mol. The Labute approximate surface area is 203 Å². The number of nitrogens with zero attached hydrogens (tertiary/aromatic N) is 4.